The zero-order valence-corrected chi connectivity index (χ0v) is 13.5. The lowest BCUT2D eigenvalue weighted by Crippen LogP contribution is -2.45. The van der Waals surface area contributed by atoms with Crippen LogP contribution in [-0.2, 0) is 0 Å². The van der Waals surface area contributed by atoms with E-state index >= 15 is 0 Å². The summed E-state index contributed by atoms with van der Waals surface area (Å²) in [6.45, 7) is 0.324. The summed E-state index contributed by atoms with van der Waals surface area (Å²) in [6.07, 6.45) is -1.19. The molecule has 0 aliphatic carbocycles. The van der Waals surface area contributed by atoms with Gasteiger partial charge in [0.05, 0.1) is 12.1 Å². The summed E-state index contributed by atoms with van der Waals surface area (Å²) in [5.74, 6) is -2.87. The Morgan fingerprint density at radius 2 is 1.84 bits per heavy atom. The van der Waals surface area contributed by atoms with Gasteiger partial charge in [-0.1, -0.05) is 42.5 Å². The Kier molecular flexibility index (Phi) is 4.99. The van der Waals surface area contributed by atoms with Gasteiger partial charge in [-0.15, -0.1) is 0 Å². The van der Waals surface area contributed by atoms with Gasteiger partial charge in [0.25, 0.3) is 0 Å². The molecule has 0 bridgehead atoms. The summed E-state index contributed by atoms with van der Waals surface area (Å²) in [5.41, 5.74) is 0.632. The van der Waals surface area contributed by atoms with Gasteiger partial charge in [0.2, 0.25) is 0 Å². The predicted octanol–water partition coefficient (Wildman–Crippen LogP) is 3.60. The van der Waals surface area contributed by atoms with Crippen LogP contribution in [0, 0.1) is 11.6 Å². The zero-order chi connectivity index (χ0) is 18.0. The Hall–Kier alpha value is -2.47. The number of aliphatic hydroxyl groups excluding tert-OH is 1. The second-order valence-corrected chi connectivity index (χ2v) is 6.21. The van der Waals surface area contributed by atoms with Gasteiger partial charge in [-0.25, -0.2) is 13.6 Å². The van der Waals surface area contributed by atoms with Gasteiger partial charge in [-0.05, 0) is 24.5 Å². The van der Waals surface area contributed by atoms with Crippen molar-refractivity contribution in [1.29, 1.82) is 0 Å². The van der Waals surface area contributed by atoms with Crippen LogP contribution in [0.15, 0.2) is 48.5 Å². The van der Waals surface area contributed by atoms with E-state index in [2.05, 4.69) is 0 Å². The van der Waals surface area contributed by atoms with Gasteiger partial charge in [-0.2, -0.15) is 0 Å². The number of halogens is 2. The van der Waals surface area contributed by atoms with Gasteiger partial charge in [0, 0.05) is 18.0 Å². The fourth-order valence-electron chi connectivity index (χ4n) is 3.59. The van der Waals surface area contributed by atoms with Crippen LogP contribution in [0.5, 0.6) is 0 Å². The highest BCUT2D eigenvalue weighted by Gasteiger charge is 2.39. The molecule has 1 unspecified atom stereocenters. The molecule has 3 rings (SSSR count). The van der Waals surface area contributed by atoms with Crippen LogP contribution in [0.3, 0.4) is 0 Å². The molecule has 3 atom stereocenters. The number of carboxylic acid groups (broad SMARTS) is 1. The third-order valence-electron chi connectivity index (χ3n) is 4.76. The molecule has 2 N–H and O–H groups in total. The molecule has 1 aliphatic heterocycles. The molecule has 2 aromatic rings. The molecule has 132 valence electrons. The van der Waals surface area contributed by atoms with E-state index in [4.69, 9.17) is 0 Å². The van der Waals surface area contributed by atoms with Gasteiger partial charge >= 0.3 is 6.09 Å². The number of likely N-dealkylation sites (tertiary alicyclic amines) is 1. The molecule has 1 fully saturated rings. The van der Waals surface area contributed by atoms with E-state index in [-0.39, 0.29) is 5.56 Å². The summed E-state index contributed by atoms with van der Waals surface area (Å²) >= 11 is 0. The Balaban J connectivity index is 2.05. The number of hydrogen-bond donors (Lipinski definition) is 2. The molecule has 2 aromatic carbocycles. The molecule has 1 amide bonds. The fourth-order valence-corrected chi connectivity index (χ4v) is 3.59. The van der Waals surface area contributed by atoms with Crippen molar-refractivity contribution in [2.75, 3.05) is 6.54 Å². The highest BCUT2D eigenvalue weighted by Crippen LogP contribution is 2.36. The molecule has 0 spiro atoms. The van der Waals surface area contributed by atoms with E-state index in [1.165, 1.54) is 17.0 Å². The monoisotopic (exact) mass is 347 g/mol. The first kappa shape index (κ1) is 17.4. The average molecular weight is 347 g/mol. The minimum absolute atomic E-state index is 0.0240. The lowest BCUT2D eigenvalue weighted by molar-refractivity contribution is 0.0576. The Bertz CT molecular complexity index is 754. The molecule has 0 aromatic heterocycles. The maximum absolute atomic E-state index is 14.4. The van der Waals surface area contributed by atoms with Gasteiger partial charge in [-0.3, -0.25) is 0 Å². The summed E-state index contributed by atoms with van der Waals surface area (Å²) < 4.78 is 28.2. The van der Waals surface area contributed by atoms with E-state index in [0.717, 1.165) is 6.07 Å². The minimum atomic E-state index is -1.18. The van der Waals surface area contributed by atoms with Crippen LogP contribution in [0.1, 0.15) is 29.9 Å². The normalized spacial score (nSPS) is 19.6. The summed E-state index contributed by atoms with van der Waals surface area (Å²) in [5, 5.41) is 20.3. The van der Waals surface area contributed by atoms with Gasteiger partial charge < -0.3 is 15.1 Å². The van der Waals surface area contributed by atoms with Crippen LogP contribution in [0.2, 0.25) is 0 Å². The van der Waals surface area contributed by atoms with Gasteiger partial charge in [0.15, 0.2) is 11.6 Å². The second kappa shape index (κ2) is 7.19. The predicted molar refractivity (Wildman–Crippen MR) is 88.4 cm³/mol. The van der Waals surface area contributed by atoms with Crippen molar-refractivity contribution in [2.24, 2.45) is 0 Å². The Morgan fingerprint density at radius 3 is 2.52 bits per heavy atom. The maximum Gasteiger partial charge on any atom is 0.407 e. The number of rotatable bonds is 4. The topological polar surface area (TPSA) is 60.8 Å². The Morgan fingerprint density at radius 1 is 1.12 bits per heavy atom. The van der Waals surface area contributed by atoms with Crippen molar-refractivity contribution >= 4 is 6.09 Å². The molecular formula is C19H19F2NO3. The van der Waals surface area contributed by atoms with Crippen molar-refractivity contribution in [2.45, 2.75) is 30.9 Å². The van der Waals surface area contributed by atoms with E-state index in [9.17, 15) is 23.8 Å². The van der Waals surface area contributed by atoms with Crippen molar-refractivity contribution in [3.63, 3.8) is 0 Å². The SMILES string of the molecule is O=C(O)N1CCCC1[C@@H](O)[C@@H](c1ccccc1)c1cccc(F)c1F. The first-order chi connectivity index (χ1) is 12.0. The van der Waals surface area contributed by atoms with Crippen LogP contribution >= 0.6 is 0 Å². The molecule has 0 radical (unpaired) electrons. The highest BCUT2D eigenvalue weighted by atomic mass is 19.2. The molecule has 1 heterocycles. The molecule has 4 nitrogen and oxygen atoms in total. The van der Waals surface area contributed by atoms with Crippen LogP contribution < -0.4 is 0 Å². The number of nitrogens with zero attached hydrogens (tertiary/aromatic N) is 1. The number of benzene rings is 2. The minimum Gasteiger partial charge on any atom is -0.465 e. The quantitative estimate of drug-likeness (QED) is 0.888. The third-order valence-corrected chi connectivity index (χ3v) is 4.76. The third kappa shape index (κ3) is 3.35. The number of amides is 1. The number of hydrogen-bond acceptors (Lipinski definition) is 2. The summed E-state index contributed by atoms with van der Waals surface area (Å²) in [4.78, 5) is 12.6. The first-order valence-corrected chi connectivity index (χ1v) is 8.17. The van der Waals surface area contributed by atoms with Gasteiger partial charge in [0.1, 0.15) is 0 Å². The van der Waals surface area contributed by atoms with Crippen LogP contribution in [0.25, 0.3) is 0 Å². The lowest BCUT2D eigenvalue weighted by Gasteiger charge is -2.32. The number of carbonyl (C=O) groups is 1. The molecule has 25 heavy (non-hydrogen) atoms. The number of aliphatic hydroxyl groups is 1. The highest BCUT2D eigenvalue weighted by molar-refractivity contribution is 5.66. The largest absolute Gasteiger partial charge is 0.465 e. The Labute approximate surface area is 144 Å². The first-order valence-electron chi connectivity index (χ1n) is 8.17. The van der Waals surface area contributed by atoms with E-state index in [1.807, 2.05) is 0 Å². The van der Waals surface area contributed by atoms with E-state index in [1.54, 1.807) is 30.3 Å². The standard InChI is InChI=1S/C19H19F2NO3/c20-14-9-4-8-13(17(14)21)16(12-6-2-1-3-7-12)18(23)15-10-5-11-22(15)19(24)25/h1-4,6-9,15-16,18,23H,5,10-11H2,(H,24,25)/t15?,16-,18+/m0/s1. The van der Waals surface area contributed by atoms with Crippen LogP contribution in [0.4, 0.5) is 13.6 Å². The summed E-state index contributed by atoms with van der Waals surface area (Å²) in [7, 11) is 0. The zero-order valence-electron chi connectivity index (χ0n) is 13.5. The van der Waals surface area contributed by atoms with Crippen LogP contribution in [-0.4, -0.2) is 39.9 Å². The van der Waals surface area contributed by atoms with Crippen molar-refractivity contribution in [3.8, 4) is 0 Å². The molecule has 0 saturated carbocycles. The second-order valence-electron chi connectivity index (χ2n) is 6.21. The molecular weight excluding hydrogens is 328 g/mol. The molecule has 6 heteroatoms. The maximum atomic E-state index is 14.4. The average Bonchev–Trinajstić information content (AvgIpc) is 3.10. The van der Waals surface area contributed by atoms with Crippen molar-refractivity contribution in [1.82, 2.24) is 4.90 Å². The smallest absolute Gasteiger partial charge is 0.407 e. The van der Waals surface area contributed by atoms with Crippen molar-refractivity contribution < 1.29 is 23.8 Å². The van der Waals surface area contributed by atoms with E-state index in [0.29, 0.717) is 24.9 Å². The van der Waals surface area contributed by atoms with E-state index < -0.39 is 35.8 Å². The fraction of sp³-hybridized carbons (Fsp3) is 0.316. The molecule has 1 aliphatic rings. The lowest BCUT2D eigenvalue weighted by atomic mass is 9.82. The van der Waals surface area contributed by atoms with Crippen molar-refractivity contribution in [3.05, 3.63) is 71.3 Å². The summed E-state index contributed by atoms with van der Waals surface area (Å²) in [6, 6.07) is 11.9. The molecule has 1 saturated heterocycles.